The largest absolute Gasteiger partial charge is 0.467 e. The molecule has 0 spiro atoms. The van der Waals surface area contributed by atoms with E-state index in [-0.39, 0.29) is 17.3 Å². The van der Waals surface area contributed by atoms with Crippen molar-refractivity contribution in [2.45, 2.75) is 24.9 Å². The van der Waals surface area contributed by atoms with Gasteiger partial charge in [0.25, 0.3) is 15.9 Å². The van der Waals surface area contributed by atoms with Gasteiger partial charge >= 0.3 is 0 Å². The van der Waals surface area contributed by atoms with Crippen LogP contribution in [-0.4, -0.2) is 19.2 Å². The van der Waals surface area contributed by atoms with E-state index in [0.29, 0.717) is 23.6 Å². The van der Waals surface area contributed by atoms with Crippen molar-refractivity contribution in [3.8, 4) is 0 Å². The van der Waals surface area contributed by atoms with Crippen LogP contribution < -0.4 is 4.72 Å². The van der Waals surface area contributed by atoms with E-state index in [2.05, 4.69) is 4.72 Å². The number of anilines is 1. The molecule has 6 nitrogen and oxygen atoms in total. The fourth-order valence-electron chi connectivity index (χ4n) is 3.20. The highest BCUT2D eigenvalue weighted by atomic mass is 32.2. The molecule has 1 amide bonds. The molecule has 4 rings (SSSR count). The predicted octanol–water partition coefficient (Wildman–Crippen LogP) is 5.29. The molecule has 1 N–H and O–H groups in total. The summed E-state index contributed by atoms with van der Waals surface area (Å²) in [5.41, 5.74) is 1.78. The molecule has 2 aromatic heterocycles. The number of nitrogens with zero attached hydrogens (tertiary/aromatic N) is 1. The third-order valence-electron chi connectivity index (χ3n) is 4.84. The summed E-state index contributed by atoms with van der Waals surface area (Å²) in [5, 5.41) is 1.95. The normalized spacial score (nSPS) is 11.3. The molecule has 4 aromatic rings. The van der Waals surface area contributed by atoms with Crippen molar-refractivity contribution < 1.29 is 17.6 Å². The monoisotopic (exact) mass is 466 g/mol. The highest BCUT2D eigenvalue weighted by Gasteiger charge is 2.21. The Bertz CT molecular complexity index is 1240. The summed E-state index contributed by atoms with van der Waals surface area (Å²) in [7, 11) is -3.84. The first-order chi connectivity index (χ1) is 15.4. The lowest BCUT2D eigenvalue weighted by molar-refractivity contribution is 0.0719. The molecule has 0 radical (unpaired) electrons. The predicted molar refractivity (Wildman–Crippen MR) is 125 cm³/mol. The van der Waals surface area contributed by atoms with Gasteiger partial charge in [-0.2, -0.15) is 0 Å². The zero-order valence-corrected chi connectivity index (χ0v) is 19.0. The molecule has 0 fully saturated rings. The SMILES string of the molecule is Cc1ccc(NS(=O)(=O)c2cccc(C(=O)N(Cc3ccco3)Cc3cccs3)c2)cc1. The number of carbonyl (C=O) groups excluding carboxylic acids is 1. The second-order valence-electron chi connectivity index (χ2n) is 7.32. The quantitative estimate of drug-likeness (QED) is 0.382. The van der Waals surface area contributed by atoms with E-state index in [1.54, 1.807) is 58.9 Å². The Morgan fingerprint density at radius 2 is 1.81 bits per heavy atom. The molecule has 0 saturated heterocycles. The van der Waals surface area contributed by atoms with Crippen LogP contribution in [0.4, 0.5) is 5.69 Å². The minimum Gasteiger partial charge on any atom is -0.467 e. The van der Waals surface area contributed by atoms with Gasteiger partial charge in [0.1, 0.15) is 5.76 Å². The van der Waals surface area contributed by atoms with Gasteiger partial charge in [-0.25, -0.2) is 8.42 Å². The lowest BCUT2D eigenvalue weighted by Gasteiger charge is -2.21. The summed E-state index contributed by atoms with van der Waals surface area (Å²) in [6, 6.07) is 20.6. The van der Waals surface area contributed by atoms with Gasteiger partial charge in [0.05, 0.1) is 24.2 Å². The fourth-order valence-corrected chi connectivity index (χ4v) is 5.02. The third kappa shape index (κ3) is 5.27. The van der Waals surface area contributed by atoms with Crippen LogP contribution >= 0.6 is 11.3 Å². The van der Waals surface area contributed by atoms with E-state index in [1.807, 2.05) is 36.6 Å². The van der Waals surface area contributed by atoms with Crippen LogP contribution in [-0.2, 0) is 23.1 Å². The number of amides is 1. The molecule has 0 aliphatic carbocycles. The standard InChI is InChI=1S/C24H22N2O4S2/c1-18-9-11-20(12-10-18)25-32(28,29)23-8-2-5-19(15-23)24(27)26(16-21-6-3-13-30-21)17-22-7-4-14-31-22/h2-15,25H,16-17H2,1H3. The van der Waals surface area contributed by atoms with Gasteiger partial charge in [-0.15, -0.1) is 11.3 Å². The maximum Gasteiger partial charge on any atom is 0.261 e. The second-order valence-corrected chi connectivity index (χ2v) is 10.0. The molecule has 32 heavy (non-hydrogen) atoms. The van der Waals surface area contributed by atoms with Gasteiger partial charge < -0.3 is 9.32 Å². The van der Waals surface area contributed by atoms with Crippen LogP contribution in [0.25, 0.3) is 0 Å². The maximum atomic E-state index is 13.3. The summed E-state index contributed by atoms with van der Waals surface area (Å²) >= 11 is 1.56. The maximum absolute atomic E-state index is 13.3. The molecule has 0 saturated carbocycles. The van der Waals surface area contributed by atoms with E-state index in [9.17, 15) is 13.2 Å². The molecule has 0 atom stereocenters. The Morgan fingerprint density at radius 3 is 2.50 bits per heavy atom. The molecule has 0 aliphatic rings. The summed E-state index contributed by atoms with van der Waals surface area (Å²) in [6.45, 7) is 2.61. The van der Waals surface area contributed by atoms with Gasteiger partial charge in [-0.3, -0.25) is 9.52 Å². The van der Waals surface area contributed by atoms with E-state index in [4.69, 9.17) is 4.42 Å². The molecule has 8 heteroatoms. The van der Waals surface area contributed by atoms with Gasteiger partial charge in [-0.1, -0.05) is 29.8 Å². The molecule has 164 valence electrons. The molecular formula is C24H22N2O4S2. The third-order valence-corrected chi connectivity index (χ3v) is 7.08. The number of sulfonamides is 1. The van der Waals surface area contributed by atoms with Crippen molar-refractivity contribution >= 4 is 33.0 Å². The Balaban J connectivity index is 1.59. The number of rotatable bonds is 8. The Hall–Kier alpha value is -3.36. The van der Waals surface area contributed by atoms with Crippen molar-refractivity contribution in [1.82, 2.24) is 4.90 Å². The minimum absolute atomic E-state index is 0.0259. The Kier molecular flexibility index (Phi) is 6.43. The first-order valence-electron chi connectivity index (χ1n) is 9.94. The van der Waals surface area contributed by atoms with E-state index < -0.39 is 10.0 Å². The molecule has 2 heterocycles. The van der Waals surface area contributed by atoms with Crippen LogP contribution in [0.2, 0.25) is 0 Å². The number of thiophene rings is 1. The number of carbonyl (C=O) groups is 1. The van der Waals surface area contributed by atoms with Crippen LogP contribution in [0.5, 0.6) is 0 Å². The van der Waals surface area contributed by atoms with Gasteiger partial charge in [-0.05, 0) is 60.8 Å². The van der Waals surface area contributed by atoms with E-state index in [1.165, 1.54) is 12.1 Å². The number of nitrogens with one attached hydrogen (secondary N) is 1. The van der Waals surface area contributed by atoms with Crippen molar-refractivity contribution in [3.05, 3.63) is 106 Å². The molecular weight excluding hydrogens is 444 g/mol. The topological polar surface area (TPSA) is 79.6 Å². The average molecular weight is 467 g/mol. The highest BCUT2D eigenvalue weighted by molar-refractivity contribution is 7.92. The van der Waals surface area contributed by atoms with Crippen LogP contribution in [0, 0.1) is 6.92 Å². The summed E-state index contributed by atoms with van der Waals surface area (Å²) < 4.78 is 33.8. The highest BCUT2D eigenvalue weighted by Crippen LogP contribution is 2.21. The van der Waals surface area contributed by atoms with Crippen molar-refractivity contribution in [2.75, 3.05) is 4.72 Å². The van der Waals surface area contributed by atoms with Crippen LogP contribution in [0.15, 0.2) is 93.8 Å². The van der Waals surface area contributed by atoms with Gasteiger partial charge in [0.15, 0.2) is 0 Å². The molecule has 0 aliphatic heterocycles. The van der Waals surface area contributed by atoms with Crippen LogP contribution in [0.1, 0.15) is 26.6 Å². The van der Waals surface area contributed by atoms with Crippen LogP contribution in [0.3, 0.4) is 0 Å². The average Bonchev–Trinajstić information content (AvgIpc) is 3.49. The lowest BCUT2D eigenvalue weighted by Crippen LogP contribution is -2.30. The first kappa shape index (κ1) is 21.9. The smallest absolute Gasteiger partial charge is 0.261 e. The molecule has 0 unspecified atom stereocenters. The Labute approximate surface area is 191 Å². The molecule has 2 aromatic carbocycles. The zero-order valence-electron chi connectivity index (χ0n) is 17.4. The van der Waals surface area contributed by atoms with Gasteiger partial charge in [0.2, 0.25) is 0 Å². The Morgan fingerprint density at radius 1 is 1.00 bits per heavy atom. The summed E-state index contributed by atoms with van der Waals surface area (Å²) in [6.07, 6.45) is 1.56. The minimum atomic E-state index is -3.84. The zero-order chi connectivity index (χ0) is 22.6. The number of benzene rings is 2. The van der Waals surface area contributed by atoms with Crippen molar-refractivity contribution in [1.29, 1.82) is 0 Å². The van der Waals surface area contributed by atoms with Crippen molar-refractivity contribution in [3.63, 3.8) is 0 Å². The van der Waals surface area contributed by atoms with E-state index >= 15 is 0 Å². The first-order valence-corrected chi connectivity index (χ1v) is 12.3. The number of aryl methyl sites for hydroxylation is 1. The fraction of sp³-hybridized carbons (Fsp3) is 0.125. The van der Waals surface area contributed by atoms with E-state index in [0.717, 1.165) is 10.4 Å². The lowest BCUT2D eigenvalue weighted by atomic mass is 10.2. The number of hydrogen-bond donors (Lipinski definition) is 1. The number of hydrogen-bond acceptors (Lipinski definition) is 5. The number of furan rings is 1. The van der Waals surface area contributed by atoms with Gasteiger partial charge in [0, 0.05) is 16.1 Å². The second kappa shape index (κ2) is 9.42. The van der Waals surface area contributed by atoms with Crippen molar-refractivity contribution in [2.24, 2.45) is 0 Å². The summed E-state index contributed by atoms with van der Waals surface area (Å²) in [5.74, 6) is 0.377. The molecule has 0 bridgehead atoms. The summed E-state index contributed by atoms with van der Waals surface area (Å²) in [4.78, 5) is 16.0.